The second-order valence-electron chi connectivity index (χ2n) is 5.30. The zero-order chi connectivity index (χ0) is 17.6. The second-order valence-corrected chi connectivity index (χ2v) is 5.30. The fourth-order valence-corrected chi connectivity index (χ4v) is 2.27. The molecule has 0 atom stereocenters. The lowest BCUT2D eigenvalue weighted by Gasteiger charge is -2.08. The minimum absolute atomic E-state index is 0.230. The molecule has 0 aliphatic rings. The number of amides is 1. The normalized spacial score (nSPS) is 10.4. The Kier molecular flexibility index (Phi) is 4.94. The van der Waals surface area contributed by atoms with E-state index in [0.717, 1.165) is 0 Å². The van der Waals surface area contributed by atoms with Crippen molar-refractivity contribution in [2.24, 2.45) is 0 Å². The first kappa shape index (κ1) is 16.5. The topological polar surface area (TPSA) is 76.9 Å². The zero-order valence-electron chi connectivity index (χ0n) is 13.2. The SMILES string of the molecule is O=C(NCCn1cnc(-c2ccc(F)cc2)cc1=O)c1ccncc1. The average molecular weight is 338 g/mol. The van der Waals surface area contributed by atoms with Crippen LogP contribution in [0.15, 0.2) is 66.0 Å². The summed E-state index contributed by atoms with van der Waals surface area (Å²) in [4.78, 5) is 32.1. The highest BCUT2D eigenvalue weighted by Gasteiger charge is 2.06. The van der Waals surface area contributed by atoms with E-state index in [0.29, 0.717) is 29.9 Å². The predicted molar refractivity (Wildman–Crippen MR) is 90.5 cm³/mol. The fraction of sp³-hybridized carbons (Fsp3) is 0.111. The van der Waals surface area contributed by atoms with Gasteiger partial charge in [-0.25, -0.2) is 9.37 Å². The first-order chi connectivity index (χ1) is 12.1. The lowest BCUT2D eigenvalue weighted by molar-refractivity contribution is 0.0952. The molecule has 0 aliphatic heterocycles. The second kappa shape index (κ2) is 7.48. The van der Waals surface area contributed by atoms with E-state index in [1.54, 1.807) is 24.3 Å². The Hall–Kier alpha value is -3.35. The molecule has 1 N–H and O–H groups in total. The lowest BCUT2D eigenvalue weighted by Crippen LogP contribution is -2.30. The molecule has 1 amide bonds. The van der Waals surface area contributed by atoms with Crippen molar-refractivity contribution in [3.63, 3.8) is 0 Å². The Balaban J connectivity index is 1.63. The van der Waals surface area contributed by atoms with Crippen LogP contribution in [0.3, 0.4) is 0 Å². The van der Waals surface area contributed by atoms with Crippen molar-refractivity contribution in [2.45, 2.75) is 6.54 Å². The van der Waals surface area contributed by atoms with Crippen LogP contribution in [0.2, 0.25) is 0 Å². The summed E-state index contributed by atoms with van der Waals surface area (Å²) >= 11 is 0. The van der Waals surface area contributed by atoms with Crippen LogP contribution >= 0.6 is 0 Å². The van der Waals surface area contributed by atoms with Crippen molar-refractivity contribution >= 4 is 5.91 Å². The number of carbonyl (C=O) groups is 1. The third kappa shape index (κ3) is 4.14. The molecule has 2 heterocycles. The van der Waals surface area contributed by atoms with Gasteiger partial charge < -0.3 is 5.32 Å². The average Bonchev–Trinajstić information content (AvgIpc) is 2.64. The number of aromatic nitrogens is 3. The number of rotatable bonds is 5. The Morgan fingerprint density at radius 3 is 2.52 bits per heavy atom. The van der Waals surface area contributed by atoms with E-state index in [-0.39, 0.29) is 17.3 Å². The van der Waals surface area contributed by atoms with Gasteiger partial charge in [-0.3, -0.25) is 19.1 Å². The number of hydrogen-bond donors (Lipinski definition) is 1. The van der Waals surface area contributed by atoms with Crippen LogP contribution in [0, 0.1) is 5.82 Å². The molecule has 2 aromatic heterocycles. The minimum Gasteiger partial charge on any atom is -0.350 e. The summed E-state index contributed by atoms with van der Waals surface area (Å²) in [5, 5.41) is 2.73. The molecule has 126 valence electrons. The van der Waals surface area contributed by atoms with Gasteiger partial charge in [0.2, 0.25) is 0 Å². The summed E-state index contributed by atoms with van der Waals surface area (Å²) in [6, 6.07) is 10.4. The number of pyridine rings is 1. The van der Waals surface area contributed by atoms with Crippen LogP contribution in [-0.4, -0.2) is 27.0 Å². The van der Waals surface area contributed by atoms with Gasteiger partial charge in [0.1, 0.15) is 5.82 Å². The van der Waals surface area contributed by atoms with Crippen LogP contribution in [0.25, 0.3) is 11.3 Å². The van der Waals surface area contributed by atoms with Gasteiger partial charge in [0.15, 0.2) is 0 Å². The maximum atomic E-state index is 12.9. The molecule has 0 saturated carbocycles. The Labute approximate surface area is 143 Å². The van der Waals surface area contributed by atoms with Crippen LogP contribution in [0.5, 0.6) is 0 Å². The van der Waals surface area contributed by atoms with Gasteiger partial charge in [-0.2, -0.15) is 0 Å². The predicted octanol–water partition coefficient (Wildman–Crippen LogP) is 1.87. The Morgan fingerprint density at radius 2 is 1.84 bits per heavy atom. The molecule has 7 heteroatoms. The molecular formula is C18H15FN4O2. The molecule has 3 rings (SSSR count). The quantitative estimate of drug-likeness (QED) is 0.770. The van der Waals surface area contributed by atoms with Crippen LogP contribution in [0.1, 0.15) is 10.4 Å². The van der Waals surface area contributed by atoms with E-state index in [9.17, 15) is 14.0 Å². The van der Waals surface area contributed by atoms with Crippen LogP contribution < -0.4 is 10.9 Å². The molecule has 0 unspecified atom stereocenters. The Bertz CT molecular complexity index is 924. The zero-order valence-corrected chi connectivity index (χ0v) is 13.2. The van der Waals surface area contributed by atoms with Crippen molar-refractivity contribution in [2.75, 3.05) is 6.54 Å². The summed E-state index contributed by atoms with van der Waals surface area (Å²) in [6.07, 6.45) is 4.49. The highest BCUT2D eigenvalue weighted by atomic mass is 19.1. The lowest BCUT2D eigenvalue weighted by atomic mass is 10.1. The summed E-state index contributed by atoms with van der Waals surface area (Å²) in [5.41, 5.74) is 1.40. The molecule has 0 saturated heterocycles. The van der Waals surface area contributed by atoms with Gasteiger partial charge >= 0.3 is 0 Å². The fourth-order valence-electron chi connectivity index (χ4n) is 2.27. The van der Waals surface area contributed by atoms with Crippen LogP contribution in [0.4, 0.5) is 4.39 Å². The summed E-state index contributed by atoms with van der Waals surface area (Å²) in [6.45, 7) is 0.588. The number of benzene rings is 1. The number of nitrogens with zero attached hydrogens (tertiary/aromatic N) is 3. The third-order valence-electron chi connectivity index (χ3n) is 3.60. The van der Waals surface area contributed by atoms with Crippen molar-refractivity contribution in [1.82, 2.24) is 19.9 Å². The molecule has 1 aromatic carbocycles. The summed E-state index contributed by atoms with van der Waals surface area (Å²) in [7, 11) is 0. The smallest absolute Gasteiger partial charge is 0.253 e. The molecular weight excluding hydrogens is 323 g/mol. The maximum absolute atomic E-state index is 12.9. The van der Waals surface area contributed by atoms with E-state index in [4.69, 9.17) is 0 Å². The number of carbonyl (C=O) groups excluding carboxylic acids is 1. The summed E-state index contributed by atoms with van der Waals surface area (Å²) in [5.74, 6) is -0.576. The number of halogens is 1. The largest absolute Gasteiger partial charge is 0.350 e. The molecule has 0 fully saturated rings. The molecule has 0 aliphatic carbocycles. The molecule has 0 bridgehead atoms. The van der Waals surface area contributed by atoms with E-state index in [2.05, 4.69) is 15.3 Å². The monoisotopic (exact) mass is 338 g/mol. The third-order valence-corrected chi connectivity index (χ3v) is 3.60. The highest BCUT2D eigenvalue weighted by Crippen LogP contribution is 2.14. The molecule has 3 aromatic rings. The Morgan fingerprint density at radius 1 is 1.12 bits per heavy atom. The van der Waals surface area contributed by atoms with Crippen LogP contribution in [-0.2, 0) is 6.54 Å². The first-order valence-electron chi connectivity index (χ1n) is 7.64. The van der Waals surface area contributed by atoms with Gasteiger partial charge in [0.05, 0.1) is 12.0 Å². The first-order valence-corrected chi connectivity index (χ1v) is 7.64. The maximum Gasteiger partial charge on any atom is 0.253 e. The van der Waals surface area contributed by atoms with E-state index >= 15 is 0 Å². The standard InChI is InChI=1S/C18H15FN4O2/c19-15-3-1-13(2-4-15)16-11-17(24)23(12-22-16)10-9-21-18(25)14-5-7-20-8-6-14/h1-8,11-12H,9-10H2,(H,21,25). The summed E-state index contributed by atoms with van der Waals surface area (Å²) < 4.78 is 14.4. The van der Waals surface area contributed by atoms with Gasteiger partial charge in [-0.05, 0) is 36.4 Å². The van der Waals surface area contributed by atoms with Gasteiger partial charge in [-0.15, -0.1) is 0 Å². The molecule has 0 radical (unpaired) electrons. The van der Waals surface area contributed by atoms with Crippen molar-refractivity contribution < 1.29 is 9.18 Å². The number of nitrogens with one attached hydrogen (secondary N) is 1. The highest BCUT2D eigenvalue weighted by molar-refractivity contribution is 5.93. The van der Waals surface area contributed by atoms with Gasteiger partial charge in [-0.1, -0.05) is 0 Å². The van der Waals surface area contributed by atoms with E-state index in [1.165, 1.54) is 41.5 Å². The molecule has 25 heavy (non-hydrogen) atoms. The van der Waals surface area contributed by atoms with Crippen molar-refractivity contribution in [3.8, 4) is 11.3 Å². The minimum atomic E-state index is -0.345. The van der Waals surface area contributed by atoms with Gasteiger partial charge in [0, 0.05) is 42.7 Å². The van der Waals surface area contributed by atoms with Crippen molar-refractivity contribution in [3.05, 3.63) is 82.9 Å². The van der Waals surface area contributed by atoms with Gasteiger partial charge in [0.25, 0.3) is 11.5 Å². The van der Waals surface area contributed by atoms with E-state index < -0.39 is 0 Å². The van der Waals surface area contributed by atoms with E-state index in [1.807, 2.05) is 0 Å². The van der Waals surface area contributed by atoms with Crippen molar-refractivity contribution in [1.29, 1.82) is 0 Å². The molecule has 0 spiro atoms. The number of hydrogen-bond acceptors (Lipinski definition) is 4. The molecule has 6 nitrogen and oxygen atoms in total.